The summed E-state index contributed by atoms with van der Waals surface area (Å²) in [4.78, 5) is 15.0. The van der Waals surface area contributed by atoms with Gasteiger partial charge in [-0.2, -0.15) is 0 Å². The summed E-state index contributed by atoms with van der Waals surface area (Å²) < 4.78 is 0. The second kappa shape index (κ2) is 6.77. The highest BCUT2D eigenvalue weighted by molar-refractivity contribution is 7.09. The van der Waals surface area contributed by atoms with Crippen molar-refractivity contribution in [1.82, 2.24) is 4.90 Å². The zero-order valence-corrected chi connectivity index (χ0v) is 11.7. The Morgan fingerprint density at radius 3 is 2.76 bits per heavy atom. The van der Waals surface area contributed by atoms with Gasteiger partial charge >= 0.3 is 0 Å². The molecular formula is C13H22N2OS. The minimum atomic E-state index is -0.0355. The molecular weight excluding hydrogens is 232 g/mol. The third-order valence-electron chi connectivity index (χ3n) is 2.97. The smallest absolute Gasteiger partial charge is 0.223 e. The van der Waals surface area contributed by atoms with Gasteiger partial charge in [0.15, 0.2) is 0 Å². The maximum atomic E-state index is 11.9. The number of hydrogen-bond donors (Lipinski definition) is 1. The molecule has 17 heavy (non-hydrogen) atoms. The van der Waals surface area contributed by atoms with Gasteiger partial charge in [-0.1, -0.05) is 19.9 Å². The molecule has 0 bridgehead atoms. The third-order valence-corrected chi connectivity index (χ3v) is 3.90. The SMILES string of the molecule is CC(C)C(N)CC(=O)N(C)CCc1cccs1. The van der Waals surface area contributed by atoms with Crippen LogP contribution in [-0.2, 0) is 11.2 Å². The van der Waals surface area contributed by atoms with E-state index in [1.807, 2.05) is 27.0 Å². The Hall–Kier alpha value is -0.870. The van der Waals surface area contributed by atoms with Gasteiger partial charge in [-0.15, -0.1) is 11.3 Å². The molecule has 1 aromatic rings. The largest absolute Gasteiger partial charge is 0.345 e. The van der Waals surface area contributed by atoms with Crippen LogP contribution in [0.4, 0.5) is 0 Å². The Bertz CT molecular complexity index is 335. The Kier molecular flexibility index (Phi) is 5.65. The molecule has 1 aromatic heterocycles. The van der Waals surface area contributed by atoms with Gasteiger partial charge < -0.3 is 10.6 Å². The number of thiophene rings is 1. The number of carbonyl (C=O) groups is 1. The molecule has 2 N–H and O–H groups in total. The summed E-state index contributed by atoms with van der Waals surface area (Å²) in [6.45, 7) is 4.86. The first-order valence-corrected chi connectivity index (χ1v) is 6.90. The maximum absolute atomic E-state index is 11.9. The van der Waals surface area contributed by atoms with Crippen molar-refractivity contribution in [3.8, 4) is 0 Å². The van der Waals surface area contributed by atoms with E-state index >= 15 is 0 Å². The molecule has 1 heterocycles. The molecule has 0 aliphatic carbocycles. The Balaban J connectivity index is 2.32. The van der Waals surface area contributed by atoms with Crippen molar-refractivity contribution in [2.75, 3.05) is 13.6 Å². The van der Waals surface area contributed by atoms with E-state index in [4.69, 9.17) is 5.73 Å². The van der Waals surface area contributed by atoms with Crippen LogP contribution in [0, 0.1) is 5.92 Å². The fraction of sp³-hybridized carbons (Fsp3) is 0.615. The molecule has 0 saturated heterocycles. The summed E-state index contributed by atoms with van der Waals surface area (Å²) in [5.41, 5.74) is 5.90. The van der Waals surface area contributed by atoms with Gasteiger partial charge in [-0.25, -0.2) is 0 Å². The van der Waals surface area contributed by atoms with Crippen molar-refractivity contribution in [3.05, 3.63) is 22.4 Å². The van der Waals surface area contributed by atoms with Gasteiger partial charge in [0.05, 0.1) is 0 Å². The molecule has 4 heteroatoms. The summed E-state index contributed by atoms with van der Waals surface area (Å²) in [7, 11) is 1.85. The second-order valence-electron chi connectivity index (χ2n) is 4.76. The van der Waals surface area contributed by atoms with E-state index in [1.54, 1.807) is 16.2 Å². The van der Waals surface area contributed by atoms with E-state index in [0.29, 0.717) is 12.3 Å². The lowest BCUT2D eigenvalue weighted by Crippen LogP contribution is -2.36. The van der Waals surface area contributed by atoms with Crippen LogP contribution < -0.4 is 5.73 Å². The Morgan fingerprint density at radius 2 is 2.24 bits per heavy atom. The van der Waals surface area contributed by atoms with Gasteiger partial charge in [0.25, 0.3) is 0 Å². The summed E-state index contributed by atoms with van der Waals surface area (Å²) >= 11 is 1.73. The van der Waals surface area contributed by atoms with E-state index in [0.717, 1.165) is 13.0 Å². The average molecular weight is 254 g/mol. The van der Waals surface area contributed by atoms with Crippen LogP contribution in [0.2, 0.25) is 0 Å². The summed E-state index contributed by atoms with van der Waals surface area (Å²) in [6.07, 6.45) is 1.37. The Labute approximate surface area is 108 Å². The quantitative estimate of drug-likeness (QED) is 0.845. The second-order valence-corrected chi connectivity index (χ2v) is 5.79. The van der Waals surface area contributed by atoms with Gasteiger partial charge in [-0.05, 0) is 23.8 Å². The Morgan fingerprint density at radius 1 is 1.53 bits per heavy atom. The predicted molar refractivity (Wildman–Crippen MR) is 73.1 cm³/mol. The number of hydrogen-bond acceptors (Lipinski definition) is 3. The molecule has 0 spiro atoms. The molecule has 0 aromatic carbocycles. The molecule has 3 nitrogen and oxygen atoms in total. The zero-order valence-electron chi connectivity index (χ0n) is 10.8. The van der Waals surface area contributed by atoms with E-state index in [9.17, 15) is 4.79 Å². The van der Waals surface area contributed by atoms with Crippen molar-refractivity contribution in [1.29, 1.82) is 0 Å². The van der Waals surface area contributed by atoms with Crippen LogP contribution in [-0.4, -0.2) is 30.4 Å². The van der Waals surface area contributed by atoms with E-state index < -0.39 is 0 Å². The number of carbonyl (C=O) groups excluding carboxylic acids is 1. The lowest BCUT2D eigenvalue weighted by molar-refractivity contribution is -0.130. The van der Waals surface area contributed by atoms with Crippen molar-refractivity contribution >= 4 is 17.2 Å². The highest BCUT2D eigenvalue weighted by atomic mass is 32.1. The maximum Gasteiger partial charge on any atom is 0.223 e. The lowest BCUT2D eigenvalue weighted by Gasteiger charge is -2.21. The summed E-state index contributed by atoms with van der Waals surface area (Å²) in [5.74, 6) is 0.493. The van der Waals surface area contributed by atoms with Crippen LogP contribution in [0.3, 0.4) is 0 Å². The van der Waals surface area contributed by atoms with Crippen molar-refractivity contribution in [3.63, 3.8) is 0 Å². The number of nitrogens with two attached hydrogens (primary N) is 1. The van der Waals surface area contributed by atoms with Crippen molar-refractivity contribution in [2.24, 2.45) is 11.7 Å². The van der Waals surface area contributed by atoms with Crippen LogP contribution >= 0.6 is 11.3 Å². The minimum absolute atomic E-state index is 0.0355. The number of nitrogens with zero attached hydrogens (tertiary/aromatic N) is 1. The summed E-state index contributed by atoms with van der Waals surface area (Å²) in [5, 5.41) is 2.06. The molecule has 1 rings (SSSR count). The number of amides is 1. The number of rotatable bonds is 6. The molecule has 0 aliphatic rings. The van der Waals surface area contributed by atoms with Gasteiger partial charge in [0.2, 0.25) is 5.91 Å². The molecule has 96 valence electrons. The first-order valence-electron chi connectivity index (χ1n) is 6.02. The van der Waals surface area contributed by atoms with E-state index in [2.05, 4.69) is 11.4 Å². The molecule has 0 aliphatic heterocycles. The lowest BCUT2D eigenvalue weighted by atomic mass is 10.0. The molecule has 0 saturated carbocycles. The average Bonchev–Trinajstić information content (AvgIpc) is 2.78. The topological polar surface area (TPSA) is 46.3 Å². The van der Waals surface area contributed by atoms with Gasteiger partial charge in [0.1, 0.15) is 0 Å². The molecule has 1 unspecified atom stereocenters. The zero-order chi connectivity index (χ0) is 12.8. The van der Waals surface area contributed by atoms with Crippen LogP contribution in [0.1, 0.15) is 25.1 Å². The first kappa shape index (κ1) is 14.2. The monoisotopic (exact) mass is 254 g/mol. The highest BCUT2D eigenvalue weighted by Crippen LogP contribution is 2.10. The molecule has 0 fully saturated rings. The van der Waals surface area contributed by atoms with E-state index in [1.165, 1.54) is 4.88 Å². The normalized spacial score (nSPS) is 12.8. The first-order chi connectivity index (χ1) is 8.00. The van der Waals surface area contributed by atoms with Crippen LogP contribution in [0.25, 0.3) is 0 Å². The third kappa shape index (κ3) is 4.88. The fourth-order valence-electron chi connectivity index (χ4n) is 1.45. The summed E-state index contributed by atoms with van der Waals surface area (Å²) in [6, 6.07) is 4.10. The predicted octanol–water partition coefficient (Wildman–Crippen LogP) is 2.12. The highest BCUT2D eigenvalue weighted by Gasteiger charge is 2.16. The molecule has 1 atom stereocenters. The molecule has 0 radical (unpaired) electrons. The van der Waals surface area contributed by atoms with Gasteiger partial charge in [0, 0.05) is 30.9 Å². The van der Waals surface area contributed by atoms with Gasteiger partial charge in [-0.3, -0.25) is 4.79 Å². The fourth-order valence-corrected chi connectivity index (χ4v) is 2.15. The van der Waals surface area contributed by atoms with Crippen LogP contribution in [0.5, 0.6) is 0 Å². The minimum Gasteiger partial charge on any atom is -0.345 e. The molecule has 1 amide bonds. The standard InChI is InChI=1S/C13H22N2OS/c1-10(2)12(14)9-13(16)15(3)7-6-11-5-4-8-17-11/h4-5,8,10,12H,6-7,9,14H2,1-3H3. The van der Waals surface area contributed by atoms with Crippen LogP contribution in [0.15, 0.2) is 17.5 Å². The number of likely N-dealkylation sites (N-methyl/N-ethyl adjacent to an activating group) is 1. The van der Waals surface area contributed by atoms with Crippen molar-refractivity contribution < 1.29 is 4.79 Å². The van der Waals surface area contributed by atoms with Crippen molar-refractivity contribution in [2.45, 2.75) is 32.7 Å². The van der Waals surface area contributed by atoms with E-state index in [-0.39, 0.29) is 11.9 Å².